The highest BCUT2D eigenvalue weighted by Crippen LogP contribution is 2.38. The van der Waals surface area contributed by atoms with E-state index in [1.165, 1.54) is 0 Å². The first-order valence-corrected chi connectivity index (χ1v) is 13.7. The lowest BCUT2D eigenvalue weighted by molar-refractivity contribution is 0.0785. The van der Waals surface area contributed by atoms with Crippen LogP contribution in [0.2, 0.25) is 5.02 Å². The topological polar surface area (TPSA) is 91.9 Å². The van der Waals surface area contributed by atoms with Crippen molar-refractivity contribution in [3.8, 4) is 5.75 Å². The number of primary amides is 1. The van der Waals surface area contributed by atoms with Gasteiger partial charge in [-0.3, -0.25) is 4.98 Å². The van der Waals surface area contributed by atoms with Gasteiger partial charge in [-0.05, 0) is 73.7 Å². The molecule has 2 aliphatic heterocycles. The van der Waals surface area contributed by atoms with Crippen molar-refractivity contribution >= 4 is 23.2 Å². The molecule has 39 heavy (non-hydrogen) atoms. The molecule has 5 rings (SSSR count). The third-order valence-electron chi connectivity index (χ3n) is 7.55. The van der Waals surface area contributed by atoms with Gasteiger partial charge in [-0.2, -0.15) is 0 Å². The van der Waals surface area contributed by atoms with E-state index in [1.807, 2.05) is 48.5 Å². The molecule has 1 fully saturated rings. The number of aromatic nitrogens is 1. The molecule has 0 unspecified atom stereocenters. The summed E-state index contributed by atoms with van der Waals surface area (Å²) in [5.74, 6) is 0.785. The lowest BCUT2D eigenvalue weighted by Crippen LogP contribution is -2.44. The zero-order valence-corrected chi connectivity index (χ0v) is 23.2. The minimum absolute atomic E-state index is 0.0668. The van der Waals surface area contributed by atoms with Gasteiger partial charge in [0, 0.05) is 54.6 Å². The van der Waals surface area contributed by atoms with Crippen molar-refractivity contribution in [3.63, 3.8) is 0 Å². The fourth-order valence-corrected chi connectivity index (χ4v) is 5.52. The summed E-state index contributed by atoms with van der Waals surface area (Å²) in [6.07, 6.45) is 5.73. The zero-order chi connectivity index (χ0) is 27.6. The molecule has 2 amide bonds. The van der Waals surface area contributed by atoms with E-state index in [9.17, 15) is 9.90 Å². The first kappa shape index (κ1) is 27.2. The van der Waals surface area contributed by atoms with Crippen molar-refractivity contribution in [1.82, 2.24) is 14.8 Å². The molecule has 3 N–H and O–H groups in total. The number of benzene rings is 2. The van der Waals surface area contributed by atoms with Crippen LogP contribution in [0, 0.1) is 0 Å². The minimum Gasteiger partial charge on any atom is -0.487 e. The van der Waals surface area contributed by atoms with Gasteiger partial charge in [-0.1, -0.05) is 41.9 Å². The van der Waals surface area contributed by atoms with Crippen LogP contribution in [-0.4, -0.2) is 51.6 Å². The van der Waals surface area contributed by atoms with E-state index in [1.54, 1.807) is 24.9 Å². The molecular weight excluding hydrogens is 512 g/mol. The maximum atomic E-state index is 12.3. The Labute approximate surface area is 234 Å². The van der Waals surface area contributed by atoms with Gasteiger partial charge in [0.25, 0.3) is 0 Å². The number of fused-ring (bicyclic) bond motifs is 2. The number of nitrogens with zero attached hydrogens (tertiary/aromatic N) is 3. The van der Waals surface area contributed by atoms with Crippen molar-refractivity contribution in [2.45, 2.75) is 51.5 Å². The highest BCUT2D eigenvalue weighted by atomic mass is 35.5. The second kappa shape index (κ2) is 11.4. The second-order valence-electron chi connectivity index (χ2n) is 10.8. The number of aliphatic hydroxyl groups is 1. The second-order valence-corrected chi connectivity index (χ2v) is 11.2. The highest BCUT2D eigenvalue weighted by molar-refractivity contribution is 6.30. The summed E-state index contributed by atoms with van der Waals surface area (Å²) in [7, 11) is 0. The molecule has 204 valence electrons. The lowest BCUT2D eigenvalue weighted by atomic mass is 9.90. The quantitative estimate of drug-likeness (QED) is 0.418. The molecule has 8 heteroatoms. The van der Waals surface area contributed by atoms with Gasteiger partial charge in [-0.25, -0.2) is 4.79 Å². The lowest BCUT2D eigenvalue weighted by Gasteiger charge is -2.27. The Bertz CT molecular complexity index is 1370. The van der Waals surface area contributed by atoms with E-state index in [2.05, 4.69) is 22.0 Å². The molecular formula is C31H35ClN4O3. The summed E-state index contributed by atoms with van der Waals surface area (Å²) in [6.45, 7) is 6.98. The molecule has 1 aromatic heterocycles. The first-order valence-electron chi connectivity index (χ1n) is 13.4. The van der Waals surface area contributed by atoms with Crippen molar-refractivity contribution < 1.29 is 14.6 Å². The van der Waals surface area contributed by atoms with Crippen LogP contribution in [-0.2, 0) is 18.8 Å². The molecule has 0 saturated carbocycles. The normalized spacial score (nSPS) is 18.3. The molecule has 2 aliphatic rings. The van der Waals surface area contributed by atoms with Gasteiger partial charge in [0.1, 0.15) is 12.4 Å². The van der Waals surface area contributed by atoms with E-state index >= 15 is 0 Å². The zero-order valence-electron chi connectivity index (χ0n) is 22.4. The smallest absolute Gasteiger partial charge is 0.315 e. The number of amides is 2. The molecule has 2 aromatic carbocycles. The molecule has 3 aromatic rings. The summed E-state index contributed by atoms with van der Waals surface area (Å²) in [6, 6.07) is 17.1. The fourth-order valence-electron chi connectivity index (χ4n) is 5.39. The van der Waals surface area contributed by atoms with Crippen LogP contribution < -0.4 is 10.5 Å². The molecule has 0 aliphatic carbocycles. The van der Waals surface area contributed by atoms with Crippen molar-refractivity contribution in [2.24, 2.45) is 5.73 Å². The Hall–Kier alpha value is -3.39. The summed E-state index contributed by atoms with van der Waals surface area (Å²) in [4.78, 5) is 21.0. The third-order valence-corrected chi connectivity index (χ3v) is 7.80. The number of hydrogen-bond donors (Lipinski definition) is 2. The Morgan fingerprint density at radius 2 is 2.03 bits per heavy atom. The van der Waals surface area contributed by atoms with E-state index in [0.29, 0.717) is 18.2 Å². The number of carbonyl (C=O) groups is 1. The molecule has 7 nitrogen and oxygen atoms in total. The Kier molecular flexibility index (Phi) is 7.93. The third kappa shape index (κ3) is 6.27. The molecule has 0 spiro atoms. The number of likely N-dealkylation sites (tertiary alicyclic amines) is 1. The highest BCUT2D eigenvalue weighted by Gasteiger charge is 2.30. The summed E-state index contributed by atoms with van der Waals surface area (Å²) in [5.41, 5.74) is 10.6. The SMILES string of the molecule is CC(C)(O)c1ccc2c(c1)C(=CCCN1CC[C@@H](N(Cc3ccc(Cl)cc3)C(N)=O)C1)c1cccnc1CO2. The number of rotatable bonds is 7. The number of carbonyl (C=O) groups excluding carboxylic acids is 1. The summed E-state index contributed by atoms with van der Waals surface area (Å²) >= 11 is 6.02. The maximum Gasteiger partial charge on any atom is 0.315 e. The summed E-state index contributed by atoms with van der Waals surface area (Å²) in [5, 5.41) is 11.3. The van der Waals surface area contributed by atoms with E-state index in [0.717, 1.165) is 71.7 Å². The predicted molar refractivity (Wildman–Crippen MR) is 153 cm³/mol. The number of pyridine rings is 1. The Balaban J connectivity index is 1.32. The van der Waals surface area contributed by atoms with Crippen LogP contribution >= 0.6 is 11.6 Å². The maximum absolute atomic E-state index is 12.3. The predicted octanol–water partition coefficient (Wildman–Crippen LogP) is 5.33. The summed E-state index contributed by atoms with van der Waals surface area (Å²) < 4.78 is 6.12. The van der Waals surface area contributed by atoms with Crippen molar-refractivity contribution in [2.75, 3.05) is 19.6 Å². The van der Waals surface area contributed by atoms with E-state index in [4.69, 9.17) is 22.1 Å². The number of ether oxygens (including phenoxy) is 1. The monoisotopic (exact) mass is 546 g/mol. The number of halogens is 1. The van der Waals surface area contributed by atoms with Gasteiger partial charge in [0.15, 0.2) is 0 Å². The van der Waals surface area contributed by atoms with Gasteiger partial charge < -0.3 is 25.4 Å². The number of nitrogens with two attached hydrogens (primary N) is 1. The number of urea groups is 1. The first-order chi connectivity index (χ1) is 18.7. The van der Waals surface area contributed by atoms with E-state index < -0.39 is 11.6 Å². The van der Waals surface area contributed by atoms with Gasteiger partial charge in [-0.15, -0.1) is 0 Å². The molecule has 3 heterocycles. The fraction of sp³-hybridized carbons (Fsp3) is 0.355. The van der Waals surface area contributed by atoms with Crippen LogP contribution in [0.1, 0.15) is 54.6 Å². The van der Waals surface area contributed by atoms with Gasteiger partial charge in [0.2, 0.25) is 0 Å². The van der Waals surface area contributed by atoms with E-state index in [-0.39, 0.29) is 6.04 Å². The molecule has 0 bridgehead atoms. The van der Waals surface area contributed by atoms with Crippen LogP contribution in [0.15, 0.2) is 66.9 Å². The van der Waals surface area contributed by atoms with Crippen LogP contribution in [0.4, 0.5) is 4.79 Å². The van der Waals surface area contributed by atoms with Crippen LogP contribution in [0.25, 0.3) is 5.57 Å². The van der Waals surface area contributed by atoms with Gasteiger partial charge in [0.05, 0.1) is 11.3 Å². The minimum atomic E-state index is -0.965. The van der Waals surface area contributed by atoms with Crippen molar-refractivity contribution in [1.29, 1.82) is 0 Å². The van der Waals surface area contributed by atoms with Crippen LogP contribution in [0.5, 0.6) is 5.75 Å². The average molecular weight is 547 g/mol. The Morgan fingerprint density at radius 1 is 1.23 bits per heavy atom. The standard InChI is InChI=1S/C31H35ClN4O3/c1-31(2,38)22-9-12-29-27(17-22)25(26-5-3-14-34-28(26)20-39-29)6-4-15-35-16-13-24(19-35)36(30(33)37)18-21-7-10-23(32)11-8-21/h3,5-12,14,17,24,38H,4,13,15-16,18-20H2,1-2H3,(H2,33,37)/t24-/m1/s1. The van der Waals surface area contributed by atoms with Gasteiger partial charge >= 0.3 is 6.03 Å². The average Bonchev–Trinajstić information content (AvgIpc) is 3.31. The molecule has 0 radical (unpaired) electrons. The molecule has 1 saturated heterocycles. The Morgan fingerprint density at radius 3 is 2.77 bits per heavy atom. The van der Waals surface area contributed by atoms with Crippen LogP contribution in [0.3, 0.4) is 0 Å². The molecule has 1 atom stereocenters. The number of hydrogen-bond acceptors (Lipinski definition) is 5. The largest absolute Gasteiger partial charge is 0.487 e. The van der Waals surface area contributed by atoms with Crippen molar-refractivity contribution in [3.05, 3.63) is 99.8 Å².